The van der Waals surface area contributed by atoms with Crippen LogP contribution in [0.1, 0.15) is 22.4 Å². The zero-order valence-electron chi connectivity index (χ0n) is 16.4. The number of benzene rings is 2. The van der Waals surface area contributed by atoms with Gasteiger partial charge in [-0.05, 0) is 50.6 Å². The molecule has 1 aromatic heterocycles. The van der Waals surface area contributed by atoms with Gasteiger partial charge < -0.3 is 10.1 Å². The summed E-state index contributed by atoms with van der Waals surface area (Å²) in [6.07, 6.45) is 0. The third-order valence-electron chi connectivity index (χ3n) is 4.45. The lowest BCUT2D eigenvalue weighted by Gasteiger charge is -2.13. The molecule has 3 aromatic rings. The molecule has 1 N–H and O–H groups in total. The number of nitrogens with one attached hydrogen (secondary N) is 1. The Morgan fingerprint density at radius 1 is 1.14 bits per heavy atom. The van der Waals surface area contributed by atoms with Crippen LogP contribution in [0.15, 0.2) is 53.3 Å². The Bertz CT molecular complexity index is 1160. The van der Waals surface area contributed by atoms with E-state index in [0.717, 1.165) is 10.2 Å². The lowest BCUT2D eigenvalue weighted by atomic mass is 10.1. The molecular formula is C22H20N4O3. The Morgan fingerprint density at radius 2 is 1.83 bits per heavy atom. The molecule has 29 heavy (non-hydrogen) atoms. The van der Waals surface area contributed by atoms with Gasteiger partial charge in [-0.2, -0.15) is 10.4 Å². The summed E-state index contributed by atoms with van der Waals surface area (Å²) < 4.78 is 6.87. The van der Waals surface area contributed by atoms with E-state index < -0.39 is 11.5 Å². The summed E-state index contributed by atoms with van der Waals surface area (Å²) in [5.74, 6) is 0.664. The molecule has 0 aliphatic rings. The largest absolute Gasteiger partial charge is 0.455 e. The first-order chi connectivity index (χ1) is 13.9. The average Bonchev–Trinajstić information content (AvgIpc) is 2.70. The third kappa shape index (κ3) is 4.50. The molecule has 0 fully saturated rings. The maximum absolute atomic E-state index is 12.5. The van der Waals surface area contributed by atoms with Crippen LogP contribution in [-0.4, -0.2) is 15.7 Å². The summed E-state index contributed by atoms with van der Waals surface area (Å²) in [4.78, 5) is 24.9. The number of carbonyl (C=O) groups is 1. The van der Waals surface area contributed by atoms with Crippen molar-refractivity contribution in [3.63, 3.8) is 0 Å². The Morgan fingerprint density at radius 3 is 2.52 bits per heavy atom. The number of ether oxygens (including phenoxy) is 1. The first-order valence-electron chi connectivity index (χ1n) is 9.01. The molecule has 0 saturated carbocycles. The van der Waals surface area contributed by atoms with E-state index in [1.54, 1.807) is 38.1 Å². The SMILES string of the molecule is Cc1ccc(Oc2ccccc2NC(=O)Cn2nc(C)c(C)c(C#N)c2=O)cc1. The van der Waals surface area contributed by atoms with E-state index in [9.17, 15) is 14.9 Å². The number of aromatic nitrogens is 2. The highest BCUT2D eigenvalue weighted by atomic mass is 16.5. The van der Waals surface area contributed by atoms with E-state index in [0.29, 0.717) is 28.4 Å². The summed E-state index contributed by atoms with van der Waals surface area (Å²) in [7, 11) is 0. The number of aryl methyl sites for hydroxylation is 2. The second kappa shape index (κ2) is 8.40. The molecule has 7 nitrogen and oxygen atoms in total. The number of nitrogens with zero attached hydrogens (tertiary/aromatic N) is 3. The highest BCUT2D eigenvalue weighted by Gasteiger charge is 2.15. The van der Waals surface area contributed by atoms with Gasteiger partial charge >= 0.3 is 0 Å². The number of amides is 1. The minimum absolute atomic E-state index is 0.00611. The van der Waals surface area contributed by atoms with E-state index in [2.05, 4.69) is 10.4 Å². The Balaban J connectivity index is 1.80. The molecule has 0 spiro atoms. The van der Waals surface area contributed by atoms with E-state index in [1.807, 2.05) is 37.3 Å². The molecule has 0 saturated heterocycles. The molecule has 1 heterocycles. The quantitative estimate of drug-likeness (QED) is 0.722. The summed E-state index contributed by atoms with van der Waals surface area (Å²) in [5.41, 5.74) is 2.03. The topological polar surface area (TPSA) is 97.0 Å². The number of rotatable bonds is 5. The van der Waals surface area contributed by atoms with Crippen molar-refractivity contribution in [3.05, 3.63) is 81.3 Å². The fourth-order valence-corrected chi connectivity index (χ4v) is 2.73. The van der Waals surface area contributed by atoms with Gasteiger partial charge in [0.15, 0.2) is 5.75 Å². The van der Waals surface area contributed by atoms with Crippen molar-refractivity contribution in [1.82, 2.24) is 9.78 Å². The maximum atomic E-state index is 12.5. The van der Waals surface area contributed by atoms with Gasteiger partial charge in [0.1, 0.15) is 23.9 Å². The lowest BCUT2D eigenvalue weighted by Crippen LogP contribution is -2.32. The minimum atomic E-state index is -0.588. The first-order valence-corrected chi connectivity index (χ1v) is 9.01. The minimum Gasteiger partial charge on any atom is -0.455 e. The number of nitriles is 1. The molecule has 2 aromatic carbocycles. The lowest BCUT2D eigenvalue weighted by molar-refractivity contribution is -0.117. The fourth-order valence-electron chi connectivity index (χ4n) is 2.73. The highest BCUT2D eigenvalue weighted by Crippen LogP contribution is 2.29. The first kappa shape index (κ1) is 19.8. The number of hydrogen-bond acceptors (Lipinski definition) is 5. The van der Waals surface area contributed by atoms with E-state index in [1.165, 1.54) is 0 Å². The van der Waals surface area contributed by atoms with E-state index in [4.69, 9.17) is 4.74 Å². The zero-order chi connectivity index (χ0) is 21.0. The second-order valence-electron chi connectivity index (χ2n) is 6.62. The molecule has 0 aliphatic heterocycles. The van der Waals surface area contributed by atoms with Gasteiger partial charge in [-0.25, -0.2) is 4.68 Å². The summed E-state index contributed by atoms with van der Waals surface area (Å²) >= 11 is 0. The van der Waals surface area contributed by atoms with Crippen LogP contribution in [0.3, 0.4) is 0 Å². The van der Waals surface area contributed by atoms with Crippen molar-refractivity contribution in [2.24, 2.45) is 0 Å². The Kier molecular flexibility index (Phi) is 5.74. The predicted octanol–water partition coefficient (Wildman–Crippen LogP) is 3.47. The molecule has 0 aliphatic carbocycles. The van der Waals surface area contributed by atoms with Crippen LogP contribution >= 0.6 is 0 Å². The van der Waals surface area contributed by atoms with Gasteiger partial charge in [0, 0.05) is 0 Å². The molecular weight excluding hydrogens is 368 g/mol. The predicted molar refractivity (Wildman–Crippen MR) is 109 cm³/mol. The van der Waals surface area contributed by atoms with Crippen LogP contribution in [0, 0.1) is 32.1 Å². The normalized spacial score (nSPS) is 10.3. The van der Waals surface area contributed by atoms with Crippen LogP contribution in [0.2, 0.25) is 0 Å². The maximum Gasteiger partial charge on any atom is 0.285 e. The zero-order valence-corrected chi connectivity index (χ0v) is 16.4. The van der Waals surface area contributed by atoms with E-state index >= 15 is 0 Å². The molecule has 1 amide bonds. The van der Waals surface area contributed by atoms with Gasteiger partial charge in [-0.1, -0.05) is 29.8 Å². The van der Waals surface area contributed by atoms with Crippen molar-refractivity contribution in [1.29, 1.82) is 5.26 Å². The average molecular weight is 388 g/mol. The van der Waals surface area contributed by atoms with Gasteiger partial charge in [-0.3, -0.25) is 9.59 Å². The standard InChI is InChI=1S/C22H20N4O3/c1-14-8-10-17(11-9-14)29-20-7-5-4-6-19(20)24-21(27)13-26-22(28)18(12-23)15(2)16(3)25-26/h4-11H,13H2,1-3H3,(H,24,27). The Hall–Kier alpha value is -3.92. The highest BCUT2D eigenvalue weighted by molar-refractivity contribution is 5.92. The van der Waals surface area contributed by atoms with Crippen LogP contribution in [-0.2, 0) is 11.3 Å². The number of anilines is 1. The number of hydrogen-bond donors (Lipinski definition) is 1. The molecule has 146 valence electrons. The fraction of sp³-hybridized carbons (Fsp3) is 0.182. The van der Waals surface area contributed by atoms with Gasteiger partial charge in [0.2, 0.25) is 5.91 Å². The molecule has 0 radical (unpaired) electrons. The van der Waals surface area contributed by atoms with Crippen molar-refractivity contribution < 1.29 is 9.53 Å². The molecule has 3 rings (SSSR count). The van der Waals surface area contributed by atoms with Crippen molar-refractivity contribution in [3.8, 4) is 17.6 Å². The second-order valence-corrected chi connectivity index (χ2v) is 6.62. The smallest absolute Gasteiger partial charge is 0.285 e. The molecule has 0 bridgehead atoms. The van der Waals surface area contributed by atoms with Crippen LogP contribution in [0.25, 0.3) is 0 Å². The van der Waals surface area contributed by atoms with Gasteiger partial charge in [0.05, 0.1) is 11.4 Å². The molecule has 0 atom stereocenters. The van der Waals surface area contributed by atoms with Crippen LogP contribution in [0.4, 0.5) is 5.69 Å². The summed E-state index contributed by atoms with van der Waals surface area (Å²) in [5, 5.41) is 16.1. The third-order valence-corrected chi connectivity index (χ3v) is 4.45. The molecule has 0 unspecified atom stereocenters. The summed E-state index contributed by atoms with van der Waals surface area (Å²) in [6.45, 7) is 5.02. The monoisotopic (exact) mass is 388 g/mol. The van der Waals surface area contributed by atoms with Crippen molar-refractivity contribution in [2.45, 2.75) is 27.3 Å². The van der Waals surface area contributed by atoms with Crippen LogP contribution in [0.5, 0.6) is 11.5 Å². The van der Waals surface area contributed by atoms with Crippen LogP contribution < -0.4 is 15.6 Å². The summed E-state index contributed by atoms with van der Waals surface area (Å²) in [6, 6.07) is 16.4. The number of para-hydroxylation sites is 2. The number of carbonyl (C=O) groups excluding carboxylic acids is 1. The van der Waals surface area contributed by atoms with E-state index in [-0.39, 0.29) is 12.1 Å². The van der Waals surface area contributed by atoms with Gasteiger partial charge in [0.25, 0.3) is 5.56 Å². The van der Waals surface area contributed by atoms with Gasteiger partial charge in [-0.15, -0.1) is 0 Å². The van der Waals surface area contributed by atoms with Crippen molar-refractivity contribution in [2.75, 3.05) is 5.32 Å². The Labute approximate surface area is 168 Å². The van der Waals surface area contributed by atoms with Crippen molar-refractivity contribution >= 4 is 11.6 Å². The molecule has 7 heteroatoms.